The molecule has 0 aliphatic carbocycles. The Hall–Kier alpha value is -1.88. The highest BCUT2D eigenvalue weighted by Crippen LogP contribution is 2.26. The summed E-state index contributed by atoms with van der Waals surface area (Å²) in [6.45, 7) is 9.21. The van der Waals surface area contributed by atoms with Crippen molar-refractivity contribution in [1.82, 2.24) is 14.4 Å². The molecule has 0 aromatic carbocycles. The number of aryl methyl sites for hydroxylation is 3. The molecule has 0 aliphatic rings. The molecule has 0 saturated carbocycles. The van der Waals surface area contributed by atoms with Crippen LogP contribution in [0.3, 0.4) is 0 Å². The number of unbranched alkanes of at least 4 members (excludes halogenated alkanes) is 2. The fraction of sp³-hybridized carbons (Fsp3) is 0.474. The van der Waals surface area contributed by atoms with Gasteiger partial charge in [0.15, 0.2) is 11.4 Å². The lowest BCUT2D eigenvalue weighted by Crippen LogP contribution is -2.00. The van der Waals surface area contributed by atoms with Gasteiger partial charge in [0.2, 0.25) is 0 Å². The number of imidazole rings is 1. The summed E-state index contributed by atoms with van der Waals surface area (Å²) < 4.78 is 8.12. The Morgan fingerprint density at radius 2 is 1.96 bits per heavy atom. The van der Waals surface area contributed by atoms with Gasteiger partial charge >= 0.3 is 0 Å². The number of aromatic nitrogens is 3. The van der Waals surface area contributed by atoms with Crippen LogP contribution in [-0.2, 0) is 6.42 Å². The maximum Gasteiger partial charge on any atom is 0.180 e. The smallest absolute Gasteiger partial charge is 0.180 e. The van der Waals surface area contributed by atoms with Crippen molar-refractivity contribution in [1.29, 1.82) is 0 Å². The summed E-state index contributed by atoms with van der Waals surface area (Å²) in [6.07, 6.45) is 6.36. The van der Waals surface area contributed by atoms with Crippen molar-refractivity contribution in [3.63, 3.8) is 0 Å². The number of ether oxygens (including phenoxy) is 1. The Morgan fingerprint density at radius 3 is 2.67 bits per heavy atom. The predicted octanol–water partition coefficient (Wildman–Crippen LogP) is 4.88. The van der Waals surface area contributed by atoms with E-state index in [4.69, 9.17) is 9.72 Å². The van der Waals surface area contributed by atoms with Gasteiger partial charge in [0, 0.05) is 17.5 Å². The Morgan fingerprint density at radius 1 is 1.12 bits per heavy atom. The number of hydrogen-bond acceptors (Lipinski definition) is 4. The third-order valence-electron chi connectivity index (χ3n) is 4.31. The molecule has 0 saturated heterocycles. The lowest BCUT2D eigenvalue weighted by molar-refractivity contribution is 0.308. The van der Waals surface area contributed by atoms with Gasteiger partial charge in [-0.3, -0.25) is 0 Å². The van der Waals surface area contributed by atoms with Crippen LogP contribution >= 0.6 is 11.3 Å². The maximum atomic E-state index is 5.97. The number of hydrogen-bond donors (Lipinski definition) is 0. The molecule has 3 aromatic rings. The predicted molar refractivity (Wildman–Crippen MR) is 99.3 cm³/mol. The van der Waals surface area contributed by atoms with E-state index >= 15 is 0 Å². The Balaban J connectivity index is 1.87. The second-order valence-electron chi connectivity index (χ2n) is 6.19. The normalized spacial score (nSPS) is 11.3. The van der Waals surface area contributed by atoms with E-state index in [1.165, 1.54) is 23.4 Å². The topological polar surface area (TPSA) is 39.4 Å². The number of fused-ring (bicyclic) bond motifs is 1. The van der Waals surface area contributed by atoms with Gasteiger partial charge < -0.3 is 9.14 Å². The molecular weight excluding hydrogens is 318 g/mol. The van der Waals surface area contributed by atoms with Crippen molar-refractivity contribution in [2.75, 3.05) is 6.61 Å². The van der Waals surface area contributed by atoms with Gasteiger partial charge in [0.1, 0.15) is 0 Å². The van der Waals surface area contributed by atoms with Crippen molar-refractivity contribution in [2.24, 2.45) is 0 Å². The number of thiazole rings is 1. The fourth-order valence-corrected chi connectivity index (χ4v) is 3.76. The molecule has 0 atom stereocenters. The first kappa shape index (κ1) is 17.0. The molecule has 0 amide bonds. The molecule has 4 nitrogen and oxygen atoms in total. The molecule has 24 heavy (non-hydrogen) atoms. The van der Waals surface area contributed by atoms with Crippen LogP contribution in [0.5, 0.6) is 5.75 Å². The van der Waals surface area contributed by atoms with Crippen LogP contribution in [0.1, 0.15) is 53.2 Å². The van der Waals surface area contributed by atoms with E-state index in [0.29, 0.717) is 0 Å². The number of pyridine rings is 1. The van der Waals surface area contributed by atoms with Gasteiger partial charge in [0.05, 0.1) is 28.7 Å². The molecule has 3 aromatic heterocycles. The second-order valence-corrected chi connectivity index (χ2v) is 7.48. The molecule has 0 aliphatic heterocycles. The molecule has 3 heterocycles. The summed E-state index contributed by atoms with van der Waals surface area (Å²) >= 11 is 1.77. The quantitative estimate of drug-likeness (QED) is 0.574. The molecule has 0 spiro atoms. The zero-order valence-corrected chi connectivity index (χ0v) is 15.7. The summed E-state index contributed by atoms with van der Waals surface area (Å²) in [7, 11) is 0. The number of nitrogens with zero attached hydrogens (tertiary/aromatic N) is 3. The Bertz CT molecular complexity index is 815. The van der Waals surface area contributed by atoms with E-state index < -0.39 is 0 Å². The van der Waals surface area contributed by atoms with E-state index in [0.717, 1.165) is 47.2 Å². The van der Waals surface area contributed by atoms with Crippen LogP contribution in [0.2, 0.25) is 0 Å². The van der Waals surface area contributed by atoms with E-state index in [9.17, 15) is 0 Å². The van der Waals surface area contributed by atoms with Gasteiger partial charge in [-0.2, -0.15) is 0 Å². The Kier molecular flexibility index (Phi) is 5.19. The first-order valence-corrected chi connectivity index (χ1v) is 9.44. The molecule has 0 unspecified atom stereocenters. The van der Waals surface area contributed by atoms with Crippen molar-refractivity contribution in [2.45, 2.75) is 53.4 Å². The largest absolute Gasteiger partial charge is 0.490 e. The van der Waals surface area contributed by atoms with Crippen molar-refractivity contribution < 1.29 is 4.74 Å². The van der Waals surface area contributed by atoms with Crippen LogP contribution in [0.15, 0.2) is 18.3 Å². The minimum atomic E-state index is 0.750. The molecule has 0 radical (unpaired) electrons. The highest BCUT2D eigenvalue weighted by molar-refractivity contribution is 7.11. The molecule has 0 bridgehead atoms. The Labute approximate surface area is 147 Å². The molecule has 5 heteroatoms. The summed E-state index contributed by atoms with van der Waals surface area (Å²) in [6, 6.07) is 4.04. The van der Waals surface area contributed by atoms with E-state index in [1.807, 2.05) is 12.1 Å². The van der Waals surface area contributed by atoms with Crippen LogP contribution < -0.4 is 4.74 Å². The molecule has 3 rings (SSSR count). The molecular formula is C19H25N3OS. The van der Waals surface area contributed by atoms with Crippen molar-refractivity contribution in [3.05, 3.63) is 45.3 Å². The SMILES string of the molecule is CCCCCOc1cccn2c(Cc3nc(C)c(C)s3)c(C)nc12. The minimum Gasteiger partial charge on any atom is -0.490 e. The lowest BCUT2D eigenvalue weighted by Gasteiger charge is -2.07. The zero-order valence-electron chi connectivity index (χ0n) is 14.9. The van der Waals surface area contributed by atoms with E-state index in [1.54, 1.807) is 11.3 Å². The zero-order chi connectivity index (χ0) is 17.1. The first-order chi connectivity index (χ1) is 11.6. The third kappa shape index (κ3) is 3.46. The summed E-state index contributed by atoms with van der Waals surface area (Å²) in [5, 5.41) is 1.14. The molecule has 128 valence electrons. The second kappa shape index (κ2) is 7.34. The highest BCUT2D eigenvalue weighted by Gasteiger charge is 2.15. The van der Waals surface area contributed by atoms with Crippen LogP contribution in [0, 0.1) is 20.8 Å². The van der Waals surface area contributed by atoms with Gasteiger partial charge in [-0.05, 0) is 39.3 Å². The van der Waals surface area contributed by atoms with Gasteiger partial charge in [-0.15, -0.1) is 11.3 Å². The average molecular weight is 343 g/mol. The van der Waals surface area contributed by atoms with Gasteiger partial charge in [-0.1, -0.05) is 19.8 Å². The molecule has 0 fully saturated rings. The summed E-state index contributed by atoms with van der Waals surface area (Å²) in [5.74, 6) is 0.870. The first-order valence-electron chi connectivity index (χ1n) is 8.62. The van der Waals surface area contributed by atoms with E-state index in [-0.39, 0.29) is 0 Å². The lowest BCUT2D eigenvalue weighted by atomic mass is 10.2. The van der Waals surface area contributed by atoms with Crippen molar-refractivity contribution in [3.8, 4) is 5.75 Å². The third-order valence-corrected chi connectivity index (χ3v) is 5.38. The van der Waals surface area contributed by atoms with E-state index in [2.05, 4.69) is 43.3 Å². The monoisotopic (exact) mass is 343 g/mol. The van der Waals surface area contributed by atoms with Crippen LogP contribution in [0.25, 0.3) is 5.65 Å². The maximum absolute atomic E-state index is 5.97. The van der Waals surface area contributed by atoms with Gasteiger partial charge in [0.25, 0.3) is 0 Å². The number of rotatable bonds is 7. The van der Waals surface area contributed by atoms with Crippen LogP contribution in [0.4, 0.5) is 0 Å². The van der Waals surface area contributed by atoms with Crippen LogP contribution in [-0.4, -0.2) is 21.0 Å². The molecule has 0 N–H and O–H groups in total. The summed E-state index contributed by atoms with van der Waals surface area (Å²) in [5.41, 5.74) is 4.27. The average Bonchev–Trinajstić information content (AvgIpc) is 3.05. The standard InChI is InChI=1S/C19H25N3OS/c1-5-6-7-11-23-17-9-8-10-22-16(14(3)21-19(17)22)12-18-20-13(2)15(4)24-18/h8-10H,5-7,11-12H2,1-4H3. The van der Waals surface area contributed by atoms with Gasteiger partial charge in [-0.25, -0.2) is 9.97 Å². The fourth-order valence-electron chi connectivity index (χ4n) is 2.82. The summed E-state index contributed by atoms with van der Waals surface area (Å²) in [4.78, 5) is 10.7. The van der Waals surface area contributed by atoms with Crippen molar-refractivity contribution >= 4 is 17.0 Å². The minimum absolute atomic E-state index is 0.750. The highest BCUT2D eigenvalue weighted by atomic mass is 32.1.